The summed E-state index contributed by atoms with van der Waals surface area (Å²) in [5, 5.41) is 21.4. The molecule has 44 heavy (non-hydrogen) atoms. The van der Waals surface area contributed by atoms with Gasteiger partial charge >= 0.3 is 0 Å². The fourth-order valence-electron chi connectivity index (χ4n) is 4.35. The molecule has 0 aromatic heterocycles. The lowest BCUT2D eigenvalue weighted by Crippen LogP contribution is -2.33. The molecule has 234 valence electrons. The molecule has 2 atom stereocenters. The van der Waals surface area contributed by atoms with Crippen molar-refractivity contribution in [3.8, 4) is 11.8 Å². The van der Waals surface area contributed by atoms with Crippen LogP contribution in [-0.4, -0.2) is 66.6 Å². The normalized spacial score (nSPS) is 15.5. The van der Waals surface area contributed by atoms with Crippen LogP contribution in [0.15, 0.2) is 89.8 Å². The maximum Gasteiger partial charge on any atom is 0.271 e. The summed E-state index contributed by atoms with van der Waals surface area (Å²) in [6, 6.07) is 17.3. The van der Waals surface area contributed by atoms with E-state index in [-0.39, 0.29) is 29.7 Å². The predicted octanol–water partition coefficient (Wildman–Crippen LogP) is 3.44. The highest BCUT2D eigenvalue weighted by atomic mass is 32.2. The van der Waals surface area contributed by atoms with Crippen LogP contribution in [0.3, 0.4) is 0 Å². The summed E-state index contributed by atoms with van der Waals surface area (Å²) in [6.45, 7) is 6.97. The lowest BCUT2D eigenvalue weighted by Gasteiger charge is -2.26. The predicted molar refractivity (Wildman–Crippen MR) is 180 cm³/mol. The number of carbonyl (C=O) groups excluding carboxylic acids is 2. The molecule has 0 saturated carbocycles. The van der Waals surface area contributed by atoms with Gasteiger partial charge in [-0.2, -0.15) is 0 Å². The maximum atomic E-state index is 13.5. The molecule has 0 aliphatic carbocycles. The summed E-state index contributed by atoms with van der Waals surface area (Å²) in [6.07, 6.45) is 6.04. The van der Waals surface area contributed by atoms with Gasteiger partial charge in [0, 0.05) is 49.2 Å². The molecule has 2 aromatic carbocycles. The molecule has 9 nitrogen and oxygen atoms in total. The number of aliphatic hydroxyl groups is 1. The third kappa shape index (κ3) is 10.9. The second-order valence-corrected chi connectivity index (χ2v) is 12.4. The minimum absolute atomic E-state index is 0.0601. The Morgan fingerprint density at radius 1 is 1.16 bits per heavy atom. The van der Waals surface area contributed by atoms with Crippen molar-refractivity contribution in [2.45, 2.75) is 44.0 Å². The Morgan fingerprint density at radius 3 is 2.59 bits per heavy atom. The van der Waals surface area contributed by atoms with E-state index in [1.807, 2.05) is 57.2 Å². The first kappa shape index (κ1) is 34.5. The molecule has 1 aliphatic heterocycles. The largest absolute Gasteiger partial charge is 0.395 e. The zero-order chi connectivity index (χ0) is 32.1. The van der Waals surface area contributed by atoms with E-state index in [9.17, 15) is 9.59 Å². The first-order valence-corrected chi connectivity index (χ1v) is 15.5. The van der Waals surface area contributed by atoms with Gasteiger partial charge in [-0.15, -0.1) is 0 Å². The van der Waals surface area contributed by atoms with Gasteiger partial charge in [-0.1, -0.05) is 48.2 Å². The highest BCUT2D eigenvalue weighted by Gasteiger charge is 2.23. The third-order valence-electron chi connectivity index (χ3n) is 6.63. The number of hydrogen-bond acceptors (Lipinski definition) is 8. The smallest absolute Gasteiger partial charge is 0.271 e. The molecule has 0 spiro atoms. The van der Waals surface area contributed by atoms with E-state index < -0.39 is 5.54 Å². The van der Waals surface area contributed by atoms with Crippen LogP contribution in [-0.2, 0) is 9.59 Å². The summed E-state index contributed by atoms with van der Waals surface area (Å²) in [7, 11) is 3.46. The Labute approximate surface area is 265 Å². The van der Waals surface area contributed by atoms with Gasteiger partial charge in [-0.05, 0) is 81.6 Å². The lowest BCUT2D eigenvalue weighted by molar-refractivity contribution is -0.121. The van der Waals surface area contributed by atoms with Gasteiger partial charge in [0.2, 0.25) is 0 Å². The second-order valence-electron chi connectivity index (χ2n) is 11.1. The average Bonchev–Trinajstić information content (AvgIpc) is 3.00. The van der Waals surface area contributed by atoms with E-state index in [0.29, 0.717) is 23.5 Å². The number of anilines is 1. The first-order valence-electron chi connectivity index (χ1n) is 14.6. The summed E-state index contributed by atoms with van der Waals surface area (Å²) >= 11 is 1.48. The molecule has 2 aromatic rings. The van der Waals surface area contributed by atoms with E-state index in [0.717, 1.165) is 29.7 Å². The van der Waals surface area contributed by atoms with Crippen LogP contribution >= 0.6 is 11.9 Å². The fraction of sp³-hybridized carbons (Fsp3) is 0.353. The van der Waals surface area contributed by atoms with Crippen molar-refractivity contribution < 1.29 is 14.7 Å². The number of benzene rings is 2. The van der Waals surface area contributed by atoms with Crippen molar-refractivity contribution in [1.29, 1.82) is 0 Å². The highest BCUT2D eigenvalue weighted by Crippen LogP contribution is 2.34. The molecule has 0 bridgehead atoms. The van der Waals surface area contributed by atoms with Crippen molar-refractivity contribution in [3.05, 3.63) is 101 Å². The zero-order valence-electron chi connectivity index (χ0n) is 26.1. The quantitative estimate of drug-likeness (QED) is 0.0874. The molecule has 7 N–H and O–H groups in total. The Balaban J connectivity index is 1.72. The van der Waals surface area contributed by atoms with Gasteiger partial charge in [-0.3, -0.25) is 13.9 Å². The molecular weight excluding hydrogens is 572 g/mol. The van der Waals surface area contributed by atoms with Gasteiger partial charge in [-0.25, -0.2) is 0 Å². The van der Waals surface area contributed by atoms with Gasteiger partial charge < -0.3 is 32.1 Å². The Hall–Kier alpha value is -4.01. The van der Waals surface area contributed by atoms with Crippen molar-refractivity contribution in [2.75, 3.05) is 39.1 Å². The average molecular weight is 617 g/mol. The van der Waals surface area contributed by atoms with Crippen molar-refractivity contribution >= 4 is 29.4 Å². The molecular formula is C34H44N6O3S. The summed E-state index contributed by atoms with van der Waals surface area (Å²) in [4.78, 5) is 26.2. The molecule has 0 radical (unpaired) electrons. The summed E-state index contributed by atoms with van der Waals surface area (Å²) in [5.74, 6) is 5.96. The van der Waals surface area contributed by atoms with Crippen molar-refractivity contribution in [2.24, 2.45) is 5.73 Å². The Kier molecular flexibility index (Phi) is 13.1. The van der Waals surface area contributed by atoms with Crippen LogP contribution in [0.25, 0.3) is 0 Å². The standard InChI is InChI=1S/C34H44N6O3S/c1-24-27(15-14-25-10-9-13-29(20-25)39-32(42)30(36-4)22-34(2,3)35)21-28(23-38-24)33(43)40(5)44-31(16-17-37-18-19-41)26-11-7-6-8-12-26/h6-13,20-24,31,36-38,41H,16-19,35H2,1-5H3,(H,39,42)/b30-22-. The van der Waals surface area contributed by atoms with E-state index in [2.05, 4.69) is 45.2 Å². The Bertz CT molecular complexity index is 1440. The number of dihydropyridines is 1. The van der Waals surface area contributed by atoms with E-state index >= 15 is 0 Å². The Morgan fingerprint density at radius 2 is 1.91 bits per heavy atom. The first-order chi connectivity index (χ1) is 21.0. The number of likely N-dealkylation sites (N-methyl/N-ethyl adjacent to an activating group) is 2. The number of amides is 2. The van der Waals surface area contributed by atoms with Gasteiger partial charge in [0.15, 0.2) is 0 Å². The topological polar surface area (TPSA) is 132 Å². The third-order valence-corrected chi connectivity index (χ3v) is 7.87. The minimum Gasteiger partial charge on any atom is -0.395 e. The number of nitrogens with zero attached hydrogens (tertiary/aromatic N) is 1. The number of nitrogens with one attached hydrogen (secondary N) is 4. The summed E-state index contributed by atoms with van der Waals surface area (Å²) < 4.78 is 1.67. The van der Waals surface area contributed by atoms with Crippen LogP contribution in [0.1, 0.15) is 43.6 Å². The van der Waals surface area contributed by atoms with Crippen molar-refractivity contribution in [1.82, 2.24) is 20.3 Å². The molecule has 10 heteroatoms. The second kappa shape index (κ2) is 16.7. The molecule has 3 rings (SSSR count). The molecule has 0 fully saturated rings. The molecule has 2 amide bonds. The summed E-state index contributed by atoms with van der Waals surface area (Å²) in [5.41, 5.74) is 9.53. The van der Waals surface area contributed by atoms with Crippen LogP contribution in [0, 0.1) is 11.8 Å². The monoisotopic (exact) mass is 616 g/mol. The van der Waals surface area contributed by atoms with Crippen LogP contribution in [0.4, 0.5) is 5.69 Å². The van der Waals surface area contributed by atoms with Gasteiger partial charge in [0.05, 0.1) is 29.2 Å². The van der Waals surface area contributed by atoms with Crippen molar-refractivity contribution in [3.63, 3.8) is 0 Å². The minimum atomic E-state index is -0.647. The van der Waals surface area contributed by atoms with Crippen LogP contribution < -0.4 is 27.0 Å². The van der Waals surface area contributed by atoms with E-state index in [1.54, 1.807) is 42.8 Å². The van der Waals surface area contributed by atoms with Crippen LogP contribution in [0.2, 0.25) is 0 Å². The molecule has 0 saturated heterocycles. The molecule has 1 heterocycles. The number of rotatable bonds is 13. The zero-order valence-corrected chi connectivity index (χ0v) is 26.9. The highest BCUT2D eigenvalue weighted by molar-refractivity contribution is 7.97. The number of nitrogens with two attached hydrogens (primary N) is 1. The molecule has 2 unspecified atom stereocenters. The van der Waals surface area contributed by atoms with Gasteiger partial charge in [0.1, 0.15) is 0 Å². The lowest BCUT2D eigenvalue weighted by atomic mass is 10.0. The molecule has 1 aliphatic rings. The van der Waals surface area contributed by atoms with Crippen LogP contribution in [0.5, 0.6) is 0 Å². The maximum absolute atomic E-state index is 13.5. The van der Waals surface area contributed by atoms with Gasteiger partial charge in [0.25, 0.3) is 11.8 Å². The van der Waals surface area contributed by atoms with E-state index in [1.165, 1.54) is 11.9 Å². The number of hydrogen-bond donors (Lipinski definition) is 6. The number of carbonyl (C=O) groups is 2. The number of aliphatic hydroxyl groups excluding tert-OH is 1. The fourth-order valence-corrected chi connectivity index (χ4v) is 5.44. The van der Waals surface area contributed by atoms with E-state index in [4.69, 9.17) is 10.8 Å². The SMILES string of the molecule is CN/C(=C\C(C)(C)N)C(=O)Nc1cccc(C#CC2=CC(C(=O)N(C)SC(CCNCCO)c3ccccc3)=CNC2C)c1.